The summed E-state index contributed by atoms with van der Waals surface area (Å²) in [6.45, 7) is 4.79. The predicted octanol–water partition coefficient (Wildman–Crippen LogP) is 1.85. The summed E-state index contributed by atoms with van der Waals surface area (Å²) in [5.41, 5.74) is -0.445. The second-order valence-electron chi connectivity index (χ2n) is 6.39. The number of benzene rings is 1. The molecule has 27 heavy (non-hydrogen) atoms. The lowest BCUT2D eigenvalue weighted by Gasteiger charge is -2.27. The Morgan fingerprint density at radius 2 is 1.70 bits per heavy atom. The predicted molar refractivity (Wildman–Crippen MR) is 97.8 cm³/mol. The third-order valence-electron chi connectivity index (χ3n) is 4.22. The van der Waals surface area contributed by atoms with Crippen molar-refractivity contribution in [2.75, 3.05) is 27.9 Å². The second-order valence-corrected chi connectivity index (χ2v) is 6.39. The van der Waals surface area contributed by atoms with Crippen LogP contribution in [0.4, 0.5) is 0 Å². The van der Waals surface area contributed by atoms with Gasteiger partial charge in [-0.25, -0.2) is 0 Å². The number of carbonyl (C=O) groups is 2. The molecule has 1 rings (SSSR count). The van der Waals surface area contributed by atoms with Gasteiger partial charge in [0.25, 0.3) is 5.91 Å². The molecule has 0 aliphatic rings. The summed E-state index contributed by atoms with van der Waals surface area (Å²) in [5.74, 6) is 0.0224. The molecule has 0 aromatic heterocycles. The number of nitrogens with zero attached hydrogens (tertiary/aromatic N) is 1. The Hall–Kier alpha value is -2.95. The fourth-order valence-electron chi connectivity index (χ4n) is 2.23. The summed E-state index contributed by atoms with van der Waals surface area (Å²) in [6.07, 6.45) is -0.0797. The van der Waals surface area contributed by atoms with E-state index in [1.54, 1.807) is 19.1 Å². The molecule has 8 heteroatoms. The third-order valence-corrected chi connectivity index (χ3v) is 4.22. The van der Waals surface area contributed by atoms with Crippen molar-refractivity contribution < 1.29 is 28.5 Å². The summed E-state index contributed by atoms with van der Waals surface area (Å²) in [7, 11) is 4.44. The Morgan fingerprint density at radius 1 is 1.15 bits per heavy atom. The van der Waals surface area contributed by atoms with Crippen molar-refractivity contribution >= 4 is 11.9 Å². The van der Waals surface area contributed by atoms with Crippen LogP contribution in [0, 0.1) is 17.2 Å². The molecule has 0 aliphatic carbocycles. The Morgan fingerprint density at radius 3 is 2.11 bits per heavy atom. The van der Waals surface area contributed by atoms with E-state index in [0.29, 0.717) is 22.8 Å². The van der Waals surface area contributed by atoms with Gasteiger partial charge in [0, 0.05) is 0 Å². The molecule has 0 unspecified atom stereocenters. The first-order valence-electron chi connectivity index (χ1n) is 8.37. The smallest absolute Gasteiger partial charge is 0.310 e. The number of ether oxygens (including phenoxy) is 4. The highest BCUT2D eigenvalue weighted by molar-refractivity contribution is 5.82. The maximum atomic E-state index is 12.1. The van der Waals surface area contributed by atoms with Gasteiger partial charge >= 0.3 is 5.97 Å². The highest BCUT2D eigenvalue weighted by Crippen LogP contribution is 2.38. The molecule has 0 bridgehead atoms. The minimum atomic E-state index is -1.03. The topological polar surface area (TPSA) is 107 Å². The number of methoxy groups -OCH3 is 3. The number of amides is 1. The fourth-order valence-corrected chi connectivity index (χ4v) is 2.23. The van der Waals surface area contributed by atoms with E-state index in [9.17, 15) is 14.9 Å². The van der Waals surface area contributed by atoms with Crippen molar-refractivity contribution in [3.05, 3.63) is 17.7 Å². The van der Waals surface area contributed by atoms with E-state index in [1.807, 2.05) is 13.8 Å². The fraction of sp³-hybridized carbons (Fsp3) is 0.526. The molecule has 8 nitrogen and oxygen atoms in total. The van der Waals surface area contributed by atoms with Crippen molar-refractivity contribution in [2.24, 2.45) is 5.92 Å². The van der Waals surface area contributed by atoms with Crippen LogP contribution in [-0.4, -0.2) is 45.4 Å². The summed E-state index contributed by atoms with van der Waals surface area (Å²) in [6, 6.07) is 5.33. The zero-order valence-corrected chi connectivity index (χ0v) is 16.5. The summed E-state index contributed by atoms with van der Waals surface area (Å²) in [4.78, 5) is 24.0. The zero-order chi connectivity index (χ0) is 20.6. The Labute approximate surface area is 159 Å². The van der Waals surface area contributed by atoms with Crippen LogP contribution in [-0.2, 0) is 20.7 Å². The van der Waals surface area contributed by atoms with Crippen LogP contribution in [0.2, 0.25) is 0 Å². The first-order chi connectivity index (χ1) is 12.7. The van der Waals surface area contributed by atoms with Crippen LogP contribution in [0.1, 0.15) is 26.3 Å². The molecule has 0 heterocycles. The van der Waals surface area contributed by atoms with Crippen molar-refractivity contribution in [1.82, 2.24) is 5.32 Å². The van der Waals surface area contributed by atoms with Crippen LogP contribution >= 0.6 is 0 Å². The number of hydrogen-bond donors (Lipinski definition) is 1. The SMILES string of the molecule is COc1cc(CC(=O)OCC(=O)N[C@@](C)(C#N)C(C)C)cc(OC)c1OC. The number of rotatable bonds is 9. The standard InChI is InChI=1S/C19H26N2O6/c1-12(2)19(3,11-20)21-16(22)10-27-17(23)9-13-7-14(24-4)18(26-6)15(8-13)25-5/h7-8,12H,9-10H2,1-6H3,(H,21,22)/t19-/m0/s1. The van der Waals surface area contributed by atoms with Gasteiger partial charge in [-0.05, 0) is 30.5 Å². The number of nitrogens with one attached hydrogen (secondary N) is 1. The lowest BCUT2D eigenvalue weighted by molar-refractivity contribution is -0.148. The Bertz CT molecular complexity index is 700. The van der Waals surface area contributed by atoms with Gasteiger partial charge in [0.05, 0.1) is 33.8 Å². The maximum absolute atomic E-state index is 12.1. The Kier molecular flexibility index (Phi) is 7.91. The molecule has 0 saturated heterocycles. The molecule has 1 amide bonds. The van der Waals surface area contributed by atoms with Gasteiger partial charge in [-0.1, -0.05) is 13.8 Å². The van der Waals surface area contributed by atoms with E-state index in [-0.39, 0.29) is 12.3 Å². The van der Waals surface area contributed by atoms with Crippen LogP contribution in [0.15, 0.2) is 12.1 Å². The number of nitriles is 1. The molecule has 0 spiro atoms. The van der Waals surface area contributed by atoms with Crippen LogP contribution < -0.4 is 19.5 Å². The van der Waals surface area contributed by atoms with Crippen molar-refractivity contribution in [2.45, 2.75) is 32.7 Å². The number of esters is 1. The zero-order valence-electron chi connectivity index (χ0n) is 16.5. The quantitative estimate of drug-likeness (QED) is 0.654. The van der Waals surface area contributed by atoms with E-state index in [4.69, 9.17) is 18.9 Å². The summed E-state index contributed by atoms with van der Waals surface area (Å²) < 4.78 is 20.7. The molecule has 0 radical (unpaired) electrons. The molecule has 0 aliphatic heterocycles. The van der Waals surface area contributed by atoms with Crippen molar-refractivity contribution in [3.8, 4) is 23.3 Å². The number of hydrogen-bond acceptors (Lipinski definition) is 7. The molecule has 1 atom stereocenters. The van der Waals surface area contributed by atoms with E-state index in [1.165, 1.54) is 21.3 Å². The summed E-state index contributed by atoms with van der Waals surface area (Å²) in [5, 5.41) is 11.8. The third kappa shape index (κ3) is 5.78. The molecular formula is C19H26N2O6. The summed E-state index contributed by atoms with van der Waals surface area (Å²) >= 11 is 0. The molecule has 1 aromatic rings. The monoisotopic (exact) mass is 378 g/mol. The minimum Gasteiger partial charge on any atom is -0.493 e. The van der Waals surface area contributed by atoms with E-state index in [0.717, 1.165) is 0 Å². The van der Waals surface area contributed by atoms with Crippen LogP contribution in [0.5, 0.6) is 17.2 Å². The van der Waals surface area contributed by atoms with Gasteiger partial charge in [-0.2, -0.15) is 5.26 Å². The van der Waals surface area contributed by atoms with Crippen molar-refractivity contribution in [3.63, 3.8) is 0 Å². The van der Waals surface area contributed by atoms with Gasteiger partial charge in [0.2, 0.25) is 5.75 Å². The molecule has 0 saturated carbocycles. The Balaban J connectivity index is 2.73. The van der Waals surface area contributed by atoms with Gasteiger partial charge < -0.3 is 24.3 Å². The highest BCUT2D eigenvalue weighted by atomic mass is 16.5. The van der Waals surface area contributed by atoms with E-state index >= 15 is 0 Å². The molecule has 1 aromatic carbocycles. The highest BCUT2D eigenvalue weighted by Gasteiger charge is 2.30. The number of carbonyl (C=O) groups excluding carboxylic acids is 2. The van der Waals surface area contributed by atoms with Gasteiger partial charge in [0.15, 0.2) is 18.1 Å². The van der Waals surface area contributed by atoms with E-state index in [2.05, 4.69) is 11.4 Å². The maximum Gasteiger partial charge on any atom is 0.310 e. The second kappa shape index (κ2) is 9.67. The van der Waals surface area contributed by atoms with Gasteiger partial charge in [-0.15, -0.1) is 0 Å². The normalized spacial score (nSPS) is 12.5. The lowest BCUT2D eigenvalue weighted by atomic mass is 9.90. The van der Waals surface area contributed by atoms with Crippen LogP contribution in [0.3, 0.4) is 0 Å². The minimum absolute atomic E-state index is 0.0797. The molecule has 0 fully saturated rings. The molecule has 148 valence electrons. The first kappa shape index (κ1) is 22.1. The average molecular weight is 378 g/mol. The molecule has 1 N–H and O–H groups in total. The van der Waals surface area contributed by atoms with Gasteiger partial charge in [-0.3, -0.25) is 9.59 Å². The average Bonchev–Trinajstić information content (AvgIpc) is 2.65. The molecular weight excluding hydrogens is 352 g/mol. The van der Waals surface area contributed by atoms with Crippen LogP contribution in [0.25, 0.3) is 0 Å². The van der Waals surface area contributed by atoms with Gasteiger partial charge in [0.1, 0.15) is 5.54 Å². The lowest BCUT2D eigenvalue weighted by Crippen LogP contribution is -2.50. The largest absolute Gasteiger partial charge is 0.493 e. The van der Waals surface area contributed by atoms with E-state index < -0.39 is 24.0 Å². The first-order valence-corrected chi connectivity index (χ1v) is 8.37. The van der Waals surface area contributed by atoms with Crippen molar-refractivity contribution in [1.29, 1.82) is 5.26 Å².